The van der Waals surface area contributed by atoms with E-state index < -0.39 is 6.10 Å². The number of aliphatic hydroxyl groups is 1. The molecule has 1 unspecified atom stereocenters. The van der Waals surface area contributed by atoms with Crippen molar-refractivity contribution < 1.29 is 9.84 Å². The van der Waals surface area contributed by atoms with E-state index in [4.69, 9.17) is 4.74 Å². The smallest absolute Gasteiger partial charge is 0.128 e. The zero-order valence-electron chi connectivity index (χ0n) is 11.8. The second-order valence-electron chi connectivity index (χ2n) is 5.34. The number of aliphatic hydroxyl groups excluding tert-OH is 1. The molecular weight excluding hydrogens is 236 g/mol. The van der Waals surface area contributed by atoms with Crippen LogP contribution < -0.4 is 0 Å². The lowest BCUT2D eigenvalue weighted by atomic mass is 10.0. The summed E-state index contributed by atoms with van der Waals surface area (Å²) < 4.78 is 5.55. The molecule has 0 bridgehead atoms. The molecule has 1 saturated carbocycles. The molecule has 0 aromatic heterocycles. The summed E-state index contributed by atoms with van der Waals surface area (Å²) in [7, 11) is 1.73. The SMILES string of the molecule is COC1(C#CCC(O)c2ccc(C)cc2)CCCC1. The van der Waals surface area contributed by atoms with Gasteiger partial charge in [-0.3, -0.25) is 0 Å². The summed E-state index contributed by atoms with van der Waals surface area (Å²) in [4.78, 5) is 0. The minimum Gasteiger partial charge on any atom is -0.387 e. The molecule has 102 valence electrons. The molecule has 0 amide bonds. The summed E-state index contributed by atoms with van der Waals surface area (Å²) in [5.41, 5.74) is 1.87. The molecule has 0 saturated heterocycles. The van der Waals surface area contributed by atoms with Gasteiger partial charge in [-0.1, -0.05) is 41.7 Å². The van der Waals surface area contributed by atoms with Crippen LogP contribution in [0, 0.1) is 18.8 Å². The van der Waals surface area contributed by atoms with E-state index in [0.29, 0.717) is 6.42 Å². The fourth-order valence-corrected chi connectivity index (χ4v) is 2.54. The topological polar surface area (TPSA) is 29.5 Å². The molecule has 1 aliphatic rings. The van der Waals surface area contributed by atoms with Gasteiger partial charge in [0.2, 0.25) is 0 Å². The van der Waals surface area contributed by atoms with E-state index >= 15 is 0 Å². The Morgan fingerprint density at radius 1 is 1.26 bits per heavy atom. The van der Waals surface area contributed by atoms with Gasteiger partial charge in [-0.25, -0.2) is 0 Å². The van der Waals surface area contributed by atoms with Crippen LogP contribution >= 0.6 is 0 Å². The minimum absolute atomic E-state index is 0.257. The maximum Gasteiger partial charge on any atom is 0.128 e. The van der Waals surface area contributed by atoms with Gasteiger partial charge in [0.15, 0.2) is 0 Å². The van der Waals surface area contributed by atoms with Gasteiger partial charge in [0.1, 0.15) is 5.60 Å². The molecule has 1 aliphatic carbocycles. The van der Waals surface area contributed by atoms with Crippen molar-refractivity contribution in [3.8, 4) is 11.8 Å². The summed E-state index contributed by atoms with van der Waals surface area (Å²) in [6, 6.07) is 7.95. The van der Waals surface area contributed by atoms with Gasteiger partial charge in [-0.05, 0) is 38.2 Å². The molecule has 1 aromatic carbocycles. The van der Waals surface area contributed by atoms with Crippen LogP contribution in [0.25, 0.3) is 0 Å². The Bertz CT molecular complexity index is 458. The van der Waals surface area contributed by atoms with Crippen LogP contribution in [0.2, 0.25) is 0 Å². The van der Waals surface area contributed by atoms with Crippen molar-refractivity contribution in [3.05, 3.63) is 35.4 Å². The molecule has 1 aromatic rings. The zero-order chi connectivity index (χ0) is 13.7. The number of aryl methyl sites for hydroxylation is 1. The van der Waals surface area contributed by atoms with Crippen molar-refractivity contribution in [2.24, 2.45) is 0 Å². The predicted octanol–water partition coefficient (Wildman–Crippen LogP) is 3.38. The van der Waals surface area contributed by atoms with Crippen LogP contribution in [0.4, 0.5) is 0 Å². The lowest BCUT2D eigenvalue weighted by molar-refractivity contribution is 0.0473. The van der Waals surface area contributed by atoms with E-state index in [1.165, 1.54) is 18.4 Å². The third-order valence-electron chi connectivity index (χ3n) is 3.88. The van der Waals surface area contributed by atoms with Crippen LogP contribution in [-0.2, 0) is 4.74 Å². The highest BCUT2D eigenvalue weighted by Gasteiger charge is 2.31. The summed E-state index contributed by atoms with van der Waals surface area (Å²) in [6.07, 6.45) is 4.34. The van der Waals surface area contributed by atoms with Crippen LogP contribution in [0.15, 0.2) is 24.3 Å². The first-order valence-electron chi connectivity index (χ1n) is 6.95. The molecule has 1 fully saturated rings. The lowest BCUT2D eigenvalue weighted by Crippen LogP contribution is -2.24. The molecule has 0 radical (unpaired) electrons. The quantitative estimate of drug-likeness (QED) is 0.842. The van der Waals surface area contributed by atoms with Crippen molar-refractivity contribution in [1.82, 2.24) is 0 Å². The second-order valence-corrected chi connectivity index (χ2v) is 5.34. The Hall–Kier alpha value is -1.30. The first-order valence-corrected chi connectivity index (χ1v) is 6.95. The Morgan fingerprint density at radius 2 is 1.89 bits per heavy atom. The third kappa shape index (κ3) is 3.59. The molecule has 1 N–H and O–H groups in total. The van der Waals surface area contributed by atoms with Crippen LogP contribution in [0.1, 0.15) is 49.3 Å². The van der Waals surface area contributed by atoms with Crippen LogP contribution in [0.3, 0.4) is 0 Å². The summed E-state index contributed by atoms with van der Waals surface area (Å²) in [6.45, 7) is 2.04. The van der Waals surface area contributed by atoms with E-state index in [2.05, 4.69) is 11.8 Å². The van der Waals surface area contributed by atoms with Gasteiger partial charge in [0.25, 0.3) is 0 Å². The van der Waals surface area contributed by atoms with E-state index in [1.54, 1.807) is 7.11 Å². The molecule has 0 aliphatic heterocycles. The fraction of sp³-hybridized carbons (Fsp3) is 0.529. The summed E-state index contributed by atoms with van der Waals surface area (Å²) in [5.74, 6) is 6.33. The van der Waals surface area contributed by atoms with E-state index in [1.807, 2.05) is 31.2 Å². The molecule has 0 spiro atoms. The van der Waals surface area contributed by atoms with E-state index in [9.17, 15) is 5.11 Å². The highest BCUT2D eigenvalue weighted by Crippen LogP contribution is 2.32. The minimum atomic E-state index is -0.511. The average molecular weight is 258 g/mol. The number of ether oxygens (including phenoxy) is 1. The second kappa shape index (κ2) is 6.23. The number of benzene rings is 1. The maximum atomic E-state index is 10.1. The maximum absolute atomic E-state index is 10.1. The molecule has 2 rings (SSSR count). The number of hydrogen-bond acceptors (Lipinski definition) is 2. The van der Waals surface area contributed by atoms with Crippen molar-refractivity contribution in [3.63, 3.8) is 0 Å². The van der Waals surface area contributed by atoms with Crippen LogP contribution in [-0.4, -0.2) is 17.8 Å². The Balaban J connectivity index is 1.97. The highest BCUT2D eigenvalue weighted by molar-refractivity contribution is 5.25. The normalized spacial score (nSPS) is 18.7. The molecule has 0 heterocycles. The lowest BCUT2D eigenvalue weighted by Gasteiger charge is -2.20. The average Bonchev–Trinajstić information content (AvgIpc) is 2.89. The van der Waals surface area contributed by atoms with Crippen LogP contribution in [0.5, 0.6) is 0 Å². The fourth-order valence-electron chi connectivity index (χ4n) is 2.54. The number of rotatable bonds is 3. The molecular formula is C17H22O2. The number of hydrogen-bond donors (Lipinski definition) is 1. The van der Waals surface area contributed by atoms with Gasteiger partial charge in [0, 0.05) is 13.5 Å². The van der Waals surface area contributed by atoms with Gasteiger partial charge >= 0.3 is 0 Å². The third-order valence-corrected chi connectivity index (χ3v) is 3.88. The van der Waals surface area contributed by atoms with Crippen molar-refractivity contribution >= 4 is 0 Å². The first-order chi connectivity index (χ1) is 9.15. The monoisotopic (exact) mass is 258 g/mol. The highest BCUT2D eigenvalue weighted by atomic mass is 16.5. The molecule has 19 heavy (non-hydrogen) atoms. The standard InChI is InChI=1S/C17H22O2/c1-14-7-9-15(10-8-14)16(18)6-5-13-17(19-2)11-3-4-12-17/h7-10,16,18H,3-4,6,11-12H2,1-2H3. The molecule has 1 atom stereocenters. The summed E-state index contributed by atoms with van der Waals surface area (Å²) >= 11 is 0. The van der Waals surface area contributed by atoms with Gasteiger partial charge in [-0.2, -0.15) is 0 Å². The Morgan fingerprint density at radius 3 is 2.47 bits per heavy atom. The van der Waals surface area contributed by atoms with Crippen molar-refractivity contribution in [1.29, 1.82) is 0 Å². The Labute approximate surface area is 115 Å². The predicted molar refractivity (Wildman–Crippen MR) is 76.7 cm³/mol. The van der Waals surface area contributed by atoms with Crippen molar-refractivity contribution in [2.45, 2.75) is 50.7 Å². The zero-order valence-corrected chi connectivity index (χ0v) is 11.8. The van der Waals surface area contributed by atoms with Gasteiger partial charge in [0.05, 0.1) is 6.10 Å². The largest absolute Gasteiger partial charge is 0.387 e. The van der Waals surface area contributed by atoms with E-state index in [0.717, 1.165) is 18.4 Å². The van der Waals surface area contributed by atoms with Gasteiger partial charge < -0.3 is 9.84 Å². The molecule has 2 heteroatoms. The van der Waals surface area contributed by atoms with Gasteiger partial charge in [-0.15, -0.1) is 0 Å². The van der Waals surface area contributed by atoms with E-state index in [-0.39, 0.29) is 5.60 Å². The van der Waals surface area contributed by atoms with Crippen molar-refractivity contribution in [2.75, 3.05) is 7.11 Å². The Kier molecular flexibility index (Phi) is 4.63. The first kappa shape index (κ1) is 14.1. The summed E-state index contributed by atoms with van der Waals surface area (Å²) in [5, 5.41) is 10.1. The number of methoxy groups -OCH3 is 1. The molecule has 2 nitrogen and oxygen atoms in total.